The van der Waals surface area contributed by atoms with Gasteiger partial charge in [-0.15, -0.1) is 0 Å². The predicted octanol–water partition coefficient (Wildman–Crippen LogP) is 2.02. The molecule has 0 spiro atoms. The second kappa shape index (κ2) is 11.4. The molecule has 0 aromatic heterocycles. The third kappa shape index (κ3) is 6.64. The van der Waals surface area contributed by atoms with Crippen LogP contribution in [0.3, 0.4) is 0 Å². The van der Waals surface area contributed by atoms with Crippen molar-refractivity contribution in [3.8, 4) is 17.2 Å². The van der Waals surface area contributed by atoms with Crippen molar-refractivity contribution in [1.29, 1.82) is 0 Å². The molecule has 30 heavy (non-hydrogen) atoms. The number of ether oxygens (including phenoxy) is 3. The maximum atomic E-state index is 12.3. The maximum absolute atomic E-state index is 12.3. The molecule has 0 aliphatic carbocycles. The van der Waals surface area contributed by atoms with Gasteiger partial charge in [-0.2, -0.15) is 0 Å². The number of carbonyl (C=O) groups is 1. The van der Waals surface area contributed by atoms with Gasteiger partial charge in [0.25, 0.3) is 0 Å². The van der Waals surface area contributed by atoms with E-state index in [2.05, 4.69) is 15.1 Å². The molecule has 7 nitrogen and oxygen atoms in total. The van der Waals surface area contributed by atoms with Gasteiger partial charge >= 0.3 is 0 Å². The number of amides is 1. The zero-order valence-corrected chi connectivity index (χ0v) is 17.8. The Morgan fingerprint density at radius 2 is 1.57 bits per heavy atom. The minimum absolute atomic E-state index is 0.0391. The number of para-hydroxylation sites is 1. The lowest BCUT2D eigenvalue weighted by Gasteiger charge is -2.34. The van der Waals surface area contributed by atoms with E-state index in [0.29, 0.717) is 19.7 Å². The van der Waals surface area contributed by atoms with E-state index < -0.39 is 0 Å². The summed E-state index contributed by atoms with van der Waals surface area (Å²) >= 11 is 0. The van der Waals surface area contributed by atoms with Crippen LogP contribution in [0.5, 0.6) is 17.2 Å². The molecule has 0 saturated carbocycles. The largest absolute Gasteiger partial charge is 0.497 e. The minimum atomic E-state index is 0.0391. The summed E-state index contributed by atoms with van der Waals surface area (Å²) in [6.45, 7) is 6.05. The Labute approximate surface area is 178 Å². The van der Waals surface area contributed by atoms with Gasteiger partial charge in [0.2, 0.25) is 5.91 Å². The highest BCUT2D eigenvalue weighted by Crippen LogP contribution is 2.17. The monoisotopic (exact) mass is 413 g/mol. The Morgan fingerprint density at radius 1 is 0.900 bits per heavy atom. The molecule has 2 aromatic rings. The molecule has 162 valence electrons. The van der Waals surface area contributed by atoms with E-state index in [1.54, 1.807) is 14.2 Å². The molecule has 7 heteroatoms. The lowest BCUT2D eigenvalue weighted by Crippen LogP contribution is -2.50. The standard InChI is InChI=1S/C23H31N3O4/c1-28-20-7-9-21(10-8-20)30-16-15-25-11-13-26(14-12-25)18-23(27)24-17-19-5-3-4-6-22(19)29-2/h3-10H,11-18H2,1-2H3,(H,24,27). The van der Waals surface area contributed by atoms with Crippen LogP contribution in [0.2, 0.25) is 0 Å². The van der Waals surface area contributed by atoms with Crippen LogP contribution in [0, 0.1) is 0 Å². The Morgan fingerprint density at radius 3 is 2.27 bits per heavy atom. The van der Waals surface area contributed by atoms with E-state index in [0.717, 1.165) is 55.5 Å². The van der Waals surface area contributed by atoms with Crippen LogP contribution in [0.1, 0.15) is 5.56 Å². The van der Waals surface area contributed by atoms with Crippen LogP contribution in [-0.4, -0.2) is 75.8 Å². The first kappa shape index (κ1) is 21.9. The minimum Gasteiger partial charge on any atom is -0.497 e. The van der Waals surface area contributed by atoms with E-state index in [1.807, 2.05) is 48.5 Å². The Hall–Kier alpha value is -2.77. The molecular weight excluding hydrogens is 382 g/mol. The summed E-state index contributed by atoms with van der Waals surface area (Å²) in [5.74, 6) is 2.51. The van der Waals surface area contributed by atoms with Gasteiger partial charge in [0.15, 0.2) is 0 Å². The van der Waals surface area contributed by atoms with Gasteiger partial charge in [-0.05, 0) is 30.3 Å². The van der Waals surface area contributed by atoms with Crippen LogP contribution < -0.4 is 19.5 Å². The summed E-state index contributed by atoms with van der Waals surface area (Å²) in [4.78, 5) is 16.9. The molecule has 2 aromatic carbocycles. The molecule has 1 amide bonds. The zero-order valence-electron chi connectivity index (χ0n) is 17.8. The predicted molar refractivity (Wildman–Crippen MR) is 116 cm³/mol. The quantitative estimate of drug-likeness (QED) is 0.643. The number of nitrogens with zero attached hydrogens (tertiary/aromatic N) is 2. The Kier molecular flexibility index (Phi) is 8.35. The number of piperazine rings is 1. The fourth-order valence-electron chi connectivity index (χ4n) is 3.44. The first-order valence-corrected chi connectivity index (χ1v) is 10.3. The highest BCUT2D eigenvalue weighted by Gasteiger charge is 2.19. The van der Waals surface area contributed by atoms with Crippen LogP contribution in [0.25, 0.3) is 0 Å². The van der Waals surface area contributed by atoms with Crippen LogP contribution in [-0.2, 0) is 11.3 Å². The molecule has 0 radical (unpaired) electrons. The van der Waals surface area contributed by atoms with Crippen molar-refractivity contribution in [2.45, 2.75) is 6.54 Å². The van der Waals surface area contributed by atoms with Crippen molar-refractivity contribution in [1.82, 2.24) is 15.1 Å². The van der Waals surface area contributed by atoms with Gasteiger partial charge in [-0.3, -0.25) is 14.6 Å². The number of nitrogens with one attached hydrogen (secondary N) is 1. The van der Waals surface area contributed by atoms with Crippen molar-refractivity contribution < 1.29 is 19.0 Å². The maximum Gasteiger partial charge on any atom is 0.234 e. The number of carbonyl (C=O) groups excluding carboxylic acids is 1. The summed E-state index contributed by atoms with van der Waals surface area (Å²) in [7, 11) is 3.29. The Bertz CT molecular complexity index is 789. The fraction of sp³-hybridized carbons (Fsp3) is 0.435. The van der Waals surface area contributed by atoms with Gasteiger partial charge in [-0.1, -0.05) is 18.2 Å². The molecule has 1 aliphatic heterocycles. The summed E-state index contributed by atoms with van der Waals surface area (Å²) in [5, 5.41) is 2.99. The van der Waals surface area contributed by atoms with Crippen molar-refractivity contribution in [3.05, 3.63) is 54.1 Å². The van der Waals surface area contributed by atoms with Crippen LogP contribution in [0.15, 0.2) is 48.5 Å². The first-order valence-electron chi connectivity index (χ1n) is 10.3. The molecule has 0 bridgehead atoms. The fourth-order valence-corrected chi connectivity index (χ4v) is 3.44. The second-order valence-electron chi connectivity index (χ2n) is 7.23. The molecule has 1 aliphatic rings. The van der Waals surface area contributed by atoms with E-state index >= 15 is 0 Å². The molecular formula is C23H31N3O4. The van der Waals surface area contributed by atoms with Gasteiger partial charge in [0, 0.05) is 44.8 Å². The average molecular weight is 414 g/mol. The lowest BCUT2D eigenvalue weighted by atomic mass is 10.2. The van der Waals surface area contributed by atoms with Crippen molar-refractivity contribution in [2.24, 2.45) is 0 Å². The van der Waals surface area contributed by atoms with Crippen molar-refractivity contribution in [3.63, 3.8) is 0 Å². The topological polar surface area (TPSA) is 63.3 Å². The summed E-state index contributed by atoms with van der Waals surface area (Å²) in [6, 6.07) is 15.4. The third-order valence-electron chi connectivity index (χ3n) is 5.24. The SMILES string of the molecule is COc1ccc(OCCN2CCN(CC(=O)NCc3ccccc3OC)CC2)cc1. The summed E-state index contributed by atoms with van der Waals surface area (Å²) in [5.41, 5.74) is 0.982. The number of hydrogen-bond donors (Lipinski definition) is 1. The van der Waals surface area contributed by atoms with Gasteiger partial charge in [0.05, 0.1) is 20.8 Å². The molecule has 3 rings (SSSR count). The Balaban J connectivity index is 1.31. The second-order valence-corrected chi connectivity index (χ2v) is 7.23. The highest BCUT2D eigenvalue weighted by atomic mass is 16.5. The number of methoxy groups -OCH3 is 2. The number of benzene rings is 2. The van der Waals surface area contributed by atoms with Gasteiger partial charge in [0.1, 0.15) is 23.9 Å². The first-order chi connectivity index (χ1) is 14.7. The van der Waals surface area contributed by atoms with Crippen molar-refractivity contribution >= 4 is 5.91 Å². The van der Waals surface area contributed by atoms with E-state index in [1.165, 1.54) is 0 Å². The molecule has 1 N–H and O–H groups in total. The van der Waals surface area contributed by atoms with E-state index in [-0.39, 0.29) is 5.91 Å². The molecule has 0 unspecified atom stereocenters. The number of hydrogen-bond acceptors (Lipinski definition) is 6. The molecule has 0 atom stereocenters. The average Bonchev–Trinajstić information content (AvgIpc) is 2.79. The summed E-state index contributed by atoms with van der Waals surface area (Å²) in [6.07, 6.45) is 0. The van der Waals surface area contributed by atoms with Crippen LogP contribution in [0.4, 0.5) is 0 Å². The normalized spacial score (nSPS) is 14.9. The molecule has 1 fully saturated rings. The van der Waals surface area contributed by atoms with Crippen molar-refractivity contribution in [2.75, 3.05) is 60.1 Å². The van der Waals surface area contributed by atoms with Crippen LogP contribution >= 0.6 is 0 Å². The van der Waals surface area contributed by atoms with E-state index in [4.69, 9.17) is 14.2 Å². The van der Waals surface area contributed by atoms with Gasteiger partial charge < -0.3 is 19.5 Å². The smallest absolute Gasteiger partial charge is 0.234 e. The third-order valence-corrected chi connectivity index (χ3v) is 5.24. The van der Waals surface area contributed by atoms with E-state index in [9.17, 15) is 4.79 Å². The zero-order chi connectivity index (χ0) is 21.2. The number of rotatable bonds is 10. The molecule has 1 saturated heterocycles. The highest BCUT2D eigenvalue weighted by molar-refractivity contribution is 5.78. The lowest BCUT2D eigenvalue weighted by molar-refractivity contribution is -0.122. The van der Waals surface area contributed by atoms with Gasteiger partial charge in [-0.25, -0.2) is 0 Å². The summed E-state index contributed by atoms with van der Waals surface area (Å²) < 4.78 is 16.3. The molecule has 1 heterocycles.